The molecule has 2 rings (SSSR count). The van der Waals surface area contributed by atoms with Crippen LogP contribution >= 0.6 is 11.8 Å². The Labute approximate surface area is 121 Å². The number of hydrogen-bond acceptors (Lipinski definition) is 4. The minimum Gasteiger partial charge on any atom is -0.480 e. The molecule has 7 heteroatoms. The van der Waals surface area contributed by atoms with Crippen molar-refractivity contribution in [2.24, 2.45) is 0 Å². The summed E-state index contributed by atoms with van der Waals surface area (Å²) in [4.78, 5) is 36.4. The Bertz CT molecular complexity index is 501. The Morgan fingerprint density at radius 1 is 1.70 bits per heavy atom. The Morgan fingerprint density at radius 3 is 3.00 bits per heavy atom. The van der Waals surface area contributed by atoms with Crippen molar-refractivity contribution in [3.05, 3.63) is 0 Å². The minimum absolute atomic E-state index is 0.0542. The lowest BCUT2D eigenvalue weighted by Gasteiger charge is -2.30. The van der Waals surface area contributed by atoms with Gasteiger partial charge in [-0.25, -0.2) is 4.79 Å². The lowest BCUT2D eigenvalue weighted by molar-refractivity contribution is -0.143. The van der Waals surface area contributed by atoms with E-state index >= 15 is 0 Å². The van der Waals surface area contributed by atoms with E-state index in [0.29, 0.717) is 18.6 Å². The van der Waals surface area contributed by atoms with Crippen LogP contribution in [0.15, 0.2) is 0 Å². The van der Waals surface area contributed by atoms with Gasteiger partial charge in [0, 0.05) is 18.6 Å². The predicted molar refractivity (Wildman–Crippen MR) is 73.7 cm³/mol. The van der Waals surface area contributed by atoms with Gasteiger partial charge in [0.2, 0.25) is 11.8 Å². The molecule has 0 aromatic rings. The van der Waals surface area contributed by atoms with Gasteiger partial charge in [-0.2, -0.15) is 0 Å². The van der Waals surface area contributed by atoms with Crippen molar-refractivity contribution in [3.63, 3.8) is 0 Å². The summed E-state index contributed by atoms with van der Waals surface area (Å²) in [6.07, 6.45) is 6.16. The number of carbonyl (C=O) groups excluding carboxylic acids is 2. The van der Waals surface area contributed by atoms with E-state index in [1.54, 1.807) is 16.7 Å². The van der Waals surface area contributed by atoms with E-state index < -0.39 is 24.0 Å². The first-order valence-corrected chi connectivity index (χ1v) is 7.30. The van der Waals surface area contributed by atoms with E-state index in [9.17, 15) is 14.4 Å². The molecule has 2 N–H and O–H groups in total. The van der Waals surface area contributed by atoms with Gasteiger partial charge in [-0.3, -0.25) is 9.59 Å². The first-order valence-electron chi connectivity index (χ1n) is 6.32. The average Bonchev–Trinajstić information content (AvgIpc) is 2.86. The first-order chi connectivity index (χ1) is 9.39. The van der Waals surface area contributed by atoms with E-state index in [-0.39, 0.29) is 17.2 Å². The zero-order valence-corrected chi connectivity index (χ0v) is 11.9. The molecule has 2 amide bonds. The Balaban J connectivity index is 2.08. The summed E-state index contributed by atoms with van der Waals surface area (Å²) in [5, 5.41) is 11.4. The quantitative estimate of drug-likeness (QED) is 0.715. The van der Waals surface area contributed by atoms with Gasteiger partial charge >= 0.3 is 5.97 Å². The monoisotopic (exact) mass is 296 g/mol. The van der Waals surface area contributed by atoms with Crippen LogP contribution in [0, 0.1) is 12.3 Å². The maximum absolute atomic E-state index is 12.2. The second kappa shape index (κ2) is 5.37. The van der Waals surface area contributed by atoms with Gasteiger partial charge in [-0.1, -0.05) is 0 Å². The van der Waals surface area contributed by atoms with Gasteiger partial charge < -0.3 is 15.3 Å². The Kier molecular flexibility index (Phi) is 3.95. The van der Waals surface area contributed by atoms with Crippen molar-refractivity contribution in [1.29, 1.82) is 0 Å². The number of fused-ring (bicyclic) bond motifs is 1. The third-order valence-electron chi connectivity index (χ3n) is 3.68. The predicted octanol–water partition coefficient (Wildman–Crippen LogP) is 0.0331. The van der Waals surface area contributed by atoms with Crippen LogP contribution in [0.1, 0.15) is 26.2 Å². The molecule has 2 aliphatic heterocycles. The molecule has 20 heavy (non-hydrogen) atoms. The smallest absolute Gasteiger partial charge is 0.327 e. The highest BCUT2D eigenvalue weighted by Gasteiger charge is 2.53. The highest BCUT2D eigenvalue weighted by atomic mass is 32.2. The number of thioether (sulfide) groups is 1. The van der Waals surface area contributed by atoms with Crippen LogP contribution in [0.25, 0.3) is 0 Å². The molecule has 108 valence electrons. The van der Waals surface area contributed by atoms with Crippen LogP contribution in [0.3, 0.4) is 0 Å². The summed E-state index contributed by atoms with van der Waals surface area (Å²) in [6, 6.07) is -1.72. The fraction of sp³-hybridized carbons (Fsp3) is 0.615. The fourth-order valence-corrected chi connectivity index (χ4v) is 4.03. The number of nitrogens with zero attached hydrogens (tertiary/aromatic N) is 1. The molecule has 6 nitrogen and oxygen atoms in total. The summed E-state index contributed by atoms with van der Waals surface area (Å²) < 4.78 is 0. The molecule has 2 aliphatic rings. The summed E-state index contributed by atoms with van der Waals surface area (Å²) in [5.41, 5.74) is 0. The zero-order valence-electron chi connectivity index (χ0n) is 11.1. The molecular formula is C13H16N2O4S. The summed E-state index contributed by atoms with van der Waals surface area (Å²) in [7, 11) is 0. The molecule has 2 heterocycles. The van der Waals surface area contributed by atoms with Gasteiger partial charge in [-0.15, -0.1) is 24.1 Å². The number of amides is 2. The summed E-state index contributed by atoms with van der Waals surface area (Å²) >= 11 is 1.56. The van der Waals surface area contributed by atoms with Gasteiger partial charge in [0.25, 0.3) is 0 Å². The Hall–Kier alpha value is -1.68. The van der Waals surface area contributed by atoms with Crippen molar-refractivity contribution in [2.75, 3.05) is 5.75 Å². The maximum Gasteiger partial charge on any atom is 0.327 e. The normalized spacial score (nSPS) is 29.7. The lowest BCUT2D eigenvalue weighted by Crippen LogP contribution is -2.53. The minimum atomic E-state index is -1.17. The third kappa shape index (κ3) is 2.48. The Morgan fingerprint density at radius 2 is 2.40 bits per heavy atom. The van der Waals surface area contributed by atoms with E-state index in [0.717, 1.165) is 0 Å². The third-order valence-corrected chi connectivity index (χ3v) is 5.19. The second-order valence-corrected chi connectivity index (χ2v) is 6.57. The van der Waals surface area contributed by atoms with E-state index in [1.165, 1.54) is 0 Å². The molecule has 2 fully saturated rings. The lowest BCUT2D eigenvalue weighted by atomic mass is 10.1. The van der Waals surface area contributed by atoms with Gasteiger partial charge in [0.1, 0.15) is 12.1 Å². The van der Waals surface area contributed by atoms with Crippen molar-refractivity contribution in [2.45, 2.75) is 43.1 Å². The van der Waals surface area contributed by atoms with Crippen LogP contribution < -0.4 is 5.32 Å². The molecule has 0 saturated carbocycles. The van der Waals surface area contributed by atoms with Crippen molar-refractivity contribution in [1.82, 2.24) is 10.2 Å². The summed E-state index contributed by atoms with van der Waals surface area (Å²) in [6.45, 7) is 1.94. The van der Waals surface area contributed by atoms with Crippen LogP contribution in [0.5, 0.6) is 0 Å². The summed E-state index contributed by atoms with van der Waals surface area (Å²) in [5.74, 6) is 1.04. The van der Waals surface area contributed by atoms with Gasteiger partial charge in [0.15, 0.2) is 0 Å². The number of nitrogens with one attached hydrogen (secondary N) is 1. The molecule has 3 atom stereocenters. The highest BCUT2D eigenvalue weighted by molar-refractivity contribution is 8.01. The topological polar surface area (TPSA) is 86.7 Å². The van der Waals surface area contributed by atoms with E-state index in [2.05, 4.69) is 11.2 Å². The number of carboxylic acids is 1. The average molecular weight is 296 g/mol. The van der Waals surface area contributed by atoms with Crippen LogP contribution in [0.4, 0.5) is 0 Å². The van der Waals surface area contributed by atoms with Crippen LogP contribution in [-0.2, 0) is 14.4 Å². The standard InChI is InChI=1S/C13H16N2O4S/c1-3-4-8(12(18)19)14-11(17)9-7-20-13(2)6-5-10(16)15(9)13/h1,8-9H,4-7H2,2H3,(H,14,17)(H,18,19). The fourth-order valence-electron chi connectivity index (χ4n) is 2.60. The molecule has 0 bridgehead atoms. The first kappa shape index (κ1) is 14.7. The van der Waals surface area contributed by atoms with Crippen molar-refractivity contribution < 1.29 is 19.5 Å². The molecule has 3 unspecified atom stereocenters. The largest absolute Gasteiger partial charge is 0.480 e. The second-order valence-electron chi connectivity index (χ2n) is 5.07. The molecule has 2 saturated heterocycles. The zero-order chi connectivity index (χ0) is 14.9. The molecule has 0 radical (unpaired) electrons. The highest BCUT2D eigenvalue weighted by Crippen LogP contribution is 2.47. The SMILES string of the molecule is C#CCC(NC(=O)C1CSC2(C)CCC(=O)N12)C(=O)O. The molecular weight excluding hydrogens is 280 g/mol. The maximum atomic E-state index is 12.2. The van der Waals surface area contributed by atoms with Crippen molar-refractivity contribution >= 4 is 29.5 Å². The van der Waals surface area contributed by atoms with E-state index in [4.69, 9.17) is 11.5 Å². The number of hydrogen-bond donors (Lipinski definition) is 2. The number of terminal acetylenes is 1. The number of aliphatic carboxylic acids is 1. The molecule has 0 aromatic carbocycles. The number of carbonyl (C=O) groups is 3. The molecule has 0 aromatic heterocycles. The van der Waals surface area contributed by atoms with Crippen molar-refractivity contribution in [3.8, 4) is 12.3 Å². The van der Waals surface area contributed by atoms with Crippen LogP contribution in [-0.4, -0.2) is 50.5 Å². The van der Waals surface area contributed by atoms with Crippen LogP contribution in [0.2, 0.25) is 0 Å². The number of carboxylic acid groups (broad SMARTS) is 1. The van der Waals surface area contributed by atoms with Gasteiger partial charge in [0.05, 0.1) is 4.87 Å². The number of rotatable bonds is 4. The van der Waals surface area contributed by atoms with E-state index in [1.807, 2.05) is 6.92 Å². The van der Waals surface area contributed by atoms with Gasteiger partial charge in [-0.05, 0) is 13.3 Å². The molecule has 0 aliphatic carbocycles. The molecule has 0 spiro atoms.